The van der Waals surface area contributed by atoms with Gasteiger partial charge >= 0.3 is 0 Å². The van der Waals surface area contributed by atoms with Crippen molar-refractivity contribution in [2.24, 2.45) is 0 Å². The first-order valence-electron chi connectivity index (χ1n) is 11.0. The minimum absolute atomic E-state index is 1.18. The Bertz CT molecular complexity index is 1770. The molecule has 3 aromatic heterocycles. The maximum absolute atomic E-state index is 2.42. The molecule has 7 aromatic rings. The van der Waals surface area contributed by atoms with Crippen LogP contribution in [0.15, 0.2) is 121 Å². The summed E-state index contributed by atoms with van der Waals surface area (Å²) in [6, 6.07) is 41.3. The minimum Gasteiger partial charge on any atom is -0.314 e. The van der Waals surface area contributed by atoms with Crippen LogP contribution >= 0.6 is 0 Å². The summed E-state index contributed by atoms with van der Waals surface area (Å²) in [6.07, 6.45) is 2.18. The Morgan fingerprint density at radius 2 is 1.25 bits per heavy atom. The molecule has 0 aliphatic rings. The molecule has 0 radical (unpaired) electrons. The van der Waals surface area contributed by atoms with Crippen LogP contribution in [0.2, 0.25) is 0 Å². The van der Waals surface area contributed by atoms with Gasteiger partial charge in [0.1, 0.15) is 0 Å². The number of hydrogen-bond acceptors (Lipinski definition) is 0. The van der Waals surface area contributed by atoms with E-state index in [1.807, 2.05) is 0 Å². The van der Waals surface area contributed by atoms with E-state index in [9.17, 15) is 0 Å². The number of benzene rings is 4. The average molecular weight is 409 g/mol. The van der Waals surface area contributed by atoms with Crippen molar-refractivity contribution in [3.05, 3.63) is 121 Å². The van der Waals surface area contributed by atoms with Gasteiger partial charge in [0.05, 0.1) is 22.2 Å². The fourth-order valence-corrected chi connectivity index (χ4v) is 5.14. The molecular formula is C30H20N2. The van der Waals surface area contributed by atoms with E-state index in [1.54, 1.807) is 0 Å². The van der Waals surface area contributed by atoms with Crippen LogP contribution in [0.5, 0.6) is 0 Å². The van der Waals surface area contributed by atoms with Gasteiger partial charge in [0, 0.05) is 28.2 Å². The average Bonchev–Trinajstić information content (AvgIpc) is 3.37. The summed E-state index contributed by atoms with van der Waals surface area (Å²) in [5.41, 5.74) is 7.34. The van der Waals surface area contributed by atoms with Crippen LogP contribution in [0.4, 0.5) is 0 Å². The fraction of sp³-hybridized carbons (Fsp3) is 0. The van der Waals surface area contributed by atoms with Crippen molar-refractivity contribution in [1.82, 2.24) is 8.97 Å². The number of para-hydroxylation sites is 2. The van der Waals surface area contributed by atoms with E-state index >= 15 is 0 Å². The molecule has 3 heterocycles. The molecule has 0 saturated heterocycles. The van der Waals surface area contributed by atoms with E-state index in [0.717, 1.165) is 0 Å². The molecule has 7 rings (SSSR count). The summed E-state index contributed by atoms with van der Waals surface area (Å²) in [5, 5.41) is 5.10. The third kappa shape index (κ3) is 2.35. The molecule has 0 N–H and O–H groups in total. The summed E-state index contributed by atoms with van der Waals surface area (Å²) in [6.45, 7) is 0. The molecule has 0 aliphatic heterocycles. The number of pyridine rings is 1. The zero-order chi connectivity index (χ0) is 21.1. The van der Waals surface area contributed by atoms with Crippen molar-refractivity contribution in [3.63, 3.8) is 0 Å². The third-order valence-corrected chi connectivity index (χ3v) is 6.49. The van der Waals surface area contributed by atoms with E-state index in [1.165, 1.54) is 55.0 Å². The standard InChI is InChI=1S/C30H20N2/c1-2-12-24(13-3-1)32-26-15-7-6-14-25(26)28-27-16-8-9-19-31(27)29(30(28)32)23-18-17-21-10-4-5-11-22(21)20-23/h1-20H. The number of hydrogen-bond donors (Lipinski definition) is 0. The van der Waals surface area contributed by atoms with Gasteiger partial charge in [0.25, 0.3) is 0 Å². The normalized spacial score (nSPS) is 11.8. The summed E-state index contributed by atoms with van der Waals surface area (Å²) in [7, 11) is 0. The molecule has 0 bridgehead atoms. The van der Waals surface area contributed by atoms with E-state index in [0.29, 0.717) is 0 Å². The highest BCUT2D eigenvalue weighted by Gasteiger charge is 2.22. The number of nitrogens with zero attached hydrogens (tertiary/aromatic N) is 2. The van der Waals surface area contributed by atoms with Gasteiger partial charge in [-0.3, -0.25) is 0 Å². The van der Waals surface area contributed by atoms with Gasteiger partial charge < -0.3 is 8.97 Å². The Morgan fingerprint density at radius 1 is 0.531 bits per heavy atom. The highest BCUT2D eigenvalue weighted by Crippen LogP contribution is 2.42. The Morgan fingerprint density at radius 3 is 2.16 bits per heavy atom. The van der Waals surface area contributed by atoms with Crippen LogP contribution in [0.25, 0.3) is 55.0 Å². The lowest BCUT2D eigenvalue weighted by atomic mass is 10.0. The smallest absolute Gasteiger partial charge is 0.0809 e. The number of aromatic nitrogens is 2. The van der Waals surface area contributed by atoms with Crippen molar-refractivity contribution >= 4 is 38.1 Å². The number of fused-ring (bicyclic) bond motifs is 6. The lowest BCUT2D eigenvalue weighted by molar-refractivity contribution is 1.15. The zero-order valence-corrected chi connectivity index (χ0v) is 17.4. The maximum atomic E-state index is 2.42. The molecule has 150 valence electrons. The maximum Gasteiger partial charge on any atom is 0.0809 e. The third-order valence-electron chi connectivity index (χ3n) is 6.49. The van der Waals surface area contributed by atoms with Crippen LogP contribution in [-0.2, 0) is 0 Å². The van der Waals surface area contributed by atoms with Crippen LogP contribution in [0.3, 0.4) is 0 Å². The Hall–Kier alpha value is -4.30. The molecule has 2 nitrogen and oxygen atoms in total. The van der Waals surface area contributed by atoms with Gasteiger partial charge in [-0.1, -0.05) is 78.9 Å². The van der Waals surface area contributed by atoms with Crippen molar-refractivity contribution in [2.75, 3.05) is 0 Å². The van der Waals surface area contributed by atoms with Crippen molar-refractivity contribution in [2.45, 2.75) is 0 Å². The summed E-state index contributed by atoms with van der Waals surface area (Å²) < 4.78 is 4.77. The molecule has 0 amide bonds. The lowest BCUT2D eigenvalue weighted by Crippen LogP contribution is -1.96. The lowest BCUT2D eigenvalue weighted by Gasteiger charge is -2.11. The first-order chi connectivity index (χ1) is 15.9. The van der Waals surface area contributed by atoms with Crippen LogP contribution < -0.4 is 0 Å². The van der Waals surface area contributed by atoms with E-state index in [2.05, 4.69) is 130 Å². The first kappa shape index (κ1) is 17.4. The SMILES string of the molecule is c1ccc(-n2c3ccccc3c3c2c(-c2ccc4ccccc4c2)n2ccccc32)cc1. The zero-order valence-electron chi connectivity index (χ0n) is 17.4. The molecule has 0 unspecified atom stereocenters. The Balaban J connectivity index is 1.72. The predicted molar refractivity (Wildman–Crippen MR) is 135 cm³/mol. The van der Waals surface area contributed by atoms with Crippen LogP contribution in [0, 0.1) is 0 Å². The molecule has 0 spiro atoms. The Kier molecular flexibility index (Phi) is 3.58. The fourth-order valence-electron chi connectivity index (χ4n) is 5.14. The molecule has 32 heavy (non-hydrogen) atoms. The van der Waals surface area contributed by atoms with Gasteiger partial charge in [-0.2, -0.15) is 0 Å². The minimum atomic E-state index is 1.18. The monoisotopic (exact) mass is 408 g/mol. The van der Waals surface area contributed by atoms with Crippen molar-refractivity contribution in [1.29, 1.82) is 0 Å². The quantitative estimate of drug-likeness (QED) is 0.275. The largest absolute Gasteiger partial charge is 0.314 e. The van der Waals surface area contributed by atoms with E-state index in [4.69, 9.17) is 0 Å². The van der Waals surface area contributed by atoms with Gasteiger partial charge in [-0.05, 0) is 47.2 Å². The van der Waals surface area contributed by atoms with Crippen LogP contribution in [-0.4, -0.2) is 8.97 Å². The highest BCUT2D eigenvalue weighted by atomic mass is 15.0. The second-order valence-corrected chi connectivity index (χ2v) is 8.28. The van der Waals surface area contributed by atoms with Crippen molar-refractivity contribution in [3.8, 4) is 16.9 Å². The predicted octanol–water partition coefficient (Wildman–Crippen LogP) is 7.86. The molecule has 0 aliphatic carbocycles. The van der Waals surface area contributed by atoms with Gasteiger partial charge in [-0.15, -0.1) is 0 Å². The van der Waals surface area contributed by atoms with E-state index in [-0.39, 0.29) is 0 Å². The van der Waals surface area contributed by atoms with Crippen molar-refractivity contribution < 1.29 is 0 Å². The van der Waals surface area contributed by atoms with Gasteiger partial charge in [-0.25, -0.2) is 0 Å². The topological polar surface area (TPSA) is 9.34 Å². The summed E-state index contributed by atoms with van der Waals surface area (Å²) >= 11 is 0. The molecule has 0 fully saturated rings. The van der Waals surface area contributed by atoms with Gasteiger partial charge in [0.15, 0.2) is 0 Å². The molecular weight excluding hydrogens is 388 g/mol. The number of rotatable bonds is 2. The molecule has 0 atom stereocenters. The molecule has 0 saturated carbocycles. The molecule has 4 aromatic carbocycles. The van der Waals surface area contributed by atoms with Crippen LogP contribution in [0.1, 0.15) is 0 Å². The molecule has 2 heteroatoms. The highest BCUT2D eigenvalue weighted by molar-refractivity contribution is 6.21. The summed E-state index contributed by atoms with van der Waals surface area (Å²) in [4.78, 5) is 0. The second kappa shape index (κ2) is 6.60. The second-order valence-electron chi connectivity index (χ2n) is 8.28. The van der Waals surface area contributed by atoms with Gasteiger partial charge in [0.2, 0.25) is 0 Å². The Labute approximate surface area is 185 Å². The van der Waals surface area contributed by atoms with E-state index < -0.39 is 0 Å². The summed E-state index contributed by atoms with van der Waals surface area (Å²) in [5.74, 6) is 0. The first-order valence-corrected chi connectivity index (χ1v) is 11.0.